The van der Waals surface area contributed by atoms with Gasteiger partial charge in [-0.25, -0.2) is 0 Å². The van der Waals surface area contributed by atoms with Gasteiger partial charge in [0.1, 0.15) is 5.75 Å². The maximum atomic E-state index is 5.79. The molecule has 3 N–H and O–H groups in total. The molecule has 1 unspecified atom stereocenters. The molecule has 1 aliphatic rings. The van der Waals surface area contributed by atoms with E-state index < -0.39 is 0 Å². The number of aryl methyl sites for hydroxylation is 1. The monoisotopic (exact) mass is 250 g/mol. The van der Waals surface area contributed by atoms with Gasteiger partial charge in [-0.2, -0.15) is 0 Å². The molecule has 2 rings (SSSR count). The summed E-state index contributed by atoms with van der Waals surface area (Å²) >= 11 is 0. The predicted octanol–water partition coefficient (Wildman–Crippen LogP) is 1.94. The van der Waals surface area contributed by atoms with Crippen molar-refractivity contribution in [2.24, 2.45) is 5.84 Å². The molecule has 4 nitrogen and oxygen atoms in total. The number of nitrogens with two attached hydrogens (primary N) is 1. The van der Waals surface area contributed by atoms with Crippen LogP contribution in [0, 0.1) is 0 Å². The van der Waals surface area contributed by atoms with Crippen LogP contribution in [-0.2, 0) is 11.2 Å². The highest BCUT2D eigenvalue weighted by atomic mass is 16.5. The second kappa shape index (κ2) is 6.73. The Hall–Kier alpha value is -1.10. The van der Waals surface area contributed by atoms with Gasteiger partial charge in [0.25, 0.3) is 0 Å². The average molecular weight is 250 g/mol. The first-order chi connectivity index (χ1) is 8.86. The molecule has 0 saturated heterocycles. The molecule has 0 fully saturated rings. The molecule has 100 valence electrons. The van der Waals surface area contributed by atoms with E-state index in [1.54, 1.807) is 0 Å². The molecule has 1 atom stereocenters. The van der Waals surface area contributed by atoms with Crippen molar-refractivity contribution in [3.8, 4) is 5.75 Å². The Balaban J connectivity index is 2.14. The van der Waals surface area contributed by atoms with Gasteiger partial charge in [-0.3, -0.25) is 11.3 Å². The van der Waals surface area contributed by atoms with E-state index in [1.165, 1.54) is 5.56 Å². The summed E-state index contributed by atoms with van der Waals surface area (Å²) in [6.07, 6.45) is 3.18. The lowest BCUT2D eigenvalue weighted by Crippen LogP contribution is -2.32. The number of fused-ring (bicyclic) bond motifs is 1. The van der Waals surface area contributed by atoms with E-state index in [9.17, 15) is 0 Å². The second-order valence-corrected chi connectivity index (χ2v) is 4.58. The maximum Gasteiger partial charge on any atom is 0.127 e. The first kappa shape index (κ1) is 13.3. The number of hydrazine groups is 1. The number of benzene rings is 1. The zero-order chi connectivity index (χ0) is 12.8. The highest BCUT2D eigenvalue weighted by molar-refractivity contribution is 5.44. The van der Waals surface area contributed by atoms with Crippen LogP contribution in [0.5, 0.6) is 5.75 Å². The third kappa shape index (κ3) is 3.02. The molecular formula is C14H22N2O2. The fourth-order valence-electron chi connectivity index (χ4n) is 2.26. The van der Waals surface area contributed by atoms with Crippen molar-refractivity contribution < 1.29 is 9.47 Å². The standard InChI is InChI=1S/C14H22N2O2/c1-2-8-17-10-13(16-15)12-7-3-5-11-6-4-9-18-14(11)12/h3,5,7,13,16H,2,4,6,8-10,15H2,1H3. The van der Waals surface area contributed by atoms with Crippen molar-refractivity contribution in [3.63, 3.8) is 0 Å². The molecule has 1 aromatic carbocycles. The molecule has 1 aliphatic heterocycles. The molecule has 0 amide bonds. The van der Waals surface area contributed by atoms with Crippen molar-refractivity contribution in [2.75, 3.05) is 19.8 Å². The van der Waals surface area contributed by atoms with Crippen LogP contribution in [0.1, 0.15) is 36.9 Å². The zero-order valence-corrected chi connectivity index (χ0v) is 10.9. The van der Waals surface area contributed by atoms with E-state index in [0.717, 1.165) is 43.8 Å². The van der Waals surface area contributed by atoms with Gasteiger partial charge in [-0.15, -0.1) is 0 Å². The third-order valence-corrected chi connectivity index (χ3v) is 3.17. The quantitative estimate of drug-likeness (QED) is 0.460. The Morgan fingerprint density at radius 2 is 2.39 bits per heavy atom. The summed E-state index contributed by atoms with van der Waals surface area (Å²) in [6, 6.07) is 6.24. The molecular weight excluding hydrogens is 228 g/mol. The Morgan fingerprint density at radius 3 is 3.17 bits per heavy atom. The highest BCUT2D eigenvalue weighted by Crippen LogP contribution is 2.32. The van der Waals surface area contributed by atoms with Gasteiger partial charge in [0.15, 0.2) is 0 Å². The molecule has 0 radical (unpaired) electrons. The largest absolute Gasteiger partial charge is 0.493 e. The number of hydrogen-bond donors (Lipinski definition) is 2. The number of ether oxygens (including phenoxy) is 2. The molecule has 18 heavy (non-hydrogen) atoms. The number of nitrogens with one attached hydrogen (secondary N) is 1. The van der Waals surface area contributed by atoms with Crippen LogP contribution in [0.3, 0.4) is 0 Å². The zero-order valence-electron chi connectivity index (χ0n) is 10.9. The molecule has 0 saturated carbocycles. The van der Waals surface area contributed by atoms with Crippen LogP contribution in [0.15, 0.2) is 18.2 Å². The summed E-state index contributed by atoms with van der Waals surface area (Å²) < 4.78 is 11.4. The second-order valence-electron chi connectivity index (χ2n) is 4.58. The van der Waals surface area contributed by atoms with Crippen molar-refractivity contribution >= 4 is 0 Å². The lowest BCUT2D eigenvalue weighted by atomic mass is 9.98. The first-order valence-electron chi connectivity index (χ1n) is 6.65. The normalized spacial score (nSPS) is 15.9. The van der Waals surface area contributed by atoms with E-state index in [4.69, 9.17) is 15.3 Å². The third-order valence-electron chi connectivity index (χ3n) is 3.17. The van der Waals surface area contributed by atoms with Crippen molar-refractivity contribution in [3.05, 3.63) is 29.3 Å². The fourth-order valence-corrected chi connectivity index (χ4v) is 2.26. The lowest BCUT2D eigenvalue weighted by Gasteiger charge is -2.24. The molecule has 0 spiro atoms. The molecule has 0 bridgehead atoms. The SMILES string of the molecule is CCCOCC(NN)c1cccc2c1OCCC2. The van der Waals surface area contributed by atoms with E-state index in [1.807, 2.05) is 0 Å². The highest BCUT2D eigenvalue weighted by Gasteiger charge is 2.20. The van der Waals surface area contributed by atoms with Crippen molar-refractivity contribution in [2.45, 2.75) is 32.2 Å². The summed E-state index contributed by atoms with van der Waals surface area (Å²) in [6.45, 7) is 4.22. The summed E-state index contributed by atoms with van der Waals surface area (Å²) in [5.41, 5.74) is 5.20. The molecule has 1 heterocycles. The fraction of sp³-hybridized carbons (Fsp3) is 0.571. The summed E-state index contributed by atoms with van der Waals surface area (Å²) in [5, 5.41) is 0. The van der Waals surface area contributed by atoms with E-state index in [0.29, 0.717) is 6.61 Å². The van der Waals surface area contributed by atoms with Gasteiger partial charge in [0.2, 0.25) is 0 Å². The van der Waals surface area contributed by atoms with Crippen LogP contribution in [0.2, 0.25) is 0 Å². The minimum Gasteiger partial charge on any atom is -0.493 e. The van der Waals surface area contributed by atoms with Crippen LogP contribution >= 0.6 is 0 Å². The molecule has 4 heteroatoms. The van der Waals surface area contributed by atoms with Crippen molar-refractivity contribution in [1.82, 2.24) is 5.43 Å². The van der Waals surface area contributed by atoms with Crippen LogP contribution in [0.25, 0.3) is 0 Å². The van der Waals surface area contributed by atoms with Crippen molar-refractivity contribution in [1.29, 1.82) is 0 Å². The van der Waals surface area contributed by atoms with Gasteiger partial charge < -0.3 is 9.47 Å². The Kier molecular flexibility index (Phi) is 4.99. The van der Waals surface area contributed by atoms with Gasteiger partial charge in [0.05, 0.1) is 19.3 Å². The van der Waals surface area contributed by atoms with Gasteiger partial charge in [-0.05, 0) is 24.8 Å². The Morgan fingerprint density at radius 1 is 1.50 bits per heavy atom. The Labute approximate surface area is 108 Å². The summed E-state index contributed by atoms with van der Waals surface area (Å²) in [4.78, 5) is 0. The van der Waals surface area contributed by atoms with Crippen LogP contribution in [-0.4, -0.2) is 19.8 Å². The lowest BCUT2D eigenvalue weighted by molar-refractivity contribution is 0.110. The minimum atomic E-state index is -0.00963. The molecule has 0 aliphatic carbocycles. The number of rotatable bonds is 6. The van der Waals surface area contributed by atoms with Crippen LogP contribution < -0.4 is 16.0 Å². The smallest absolute Gasteiger partial charge is 0.127 e. The van der Waals surface area contributed by atoms with Gasteiger partial charge in [0, 0.05) is 12.2 Å². The molecule has 1 aromatic rings. The average Bonchev–Trinajstić information content (AvgIpc) is 2.43. The Bertz CT molecular complexity index is 382. The summed E-state index contributed by atoms with van der Waals surface area (Å²) in [7, 11) is 0. The van der Waals surface area contributed by atoms with Gasteiger partial charge in [-0.1, -0.05) is 25.1 Å². The van der Waals surface area contributed by atoms with E-state index in [-0.39, 0.29) is 6.04 Å². The van der Waals surface area contributed by atoms with Crippen LogP contribution in [0.4, 0.5) is 0 Å². The first-order valence-corrected chi connectivity index (χ1v) is 6.65. The van der Waals surface area contributed by atoms with Gasteiger partial charge >= 0.3 is 0 Å². The maximum absolute atomic E-state index is 5.79. The number of para-hydroxylation sites is 1. The van der Waals surface area contributed by atoms with E-state index in [2.05, 4.69) is 30.5 Å². The number of hydrogen-bond acceptors (Lipinski definition) is 4. The summed E-state index contributed by atoms with van der Waals surface area (Å²) in [5.74, 6) is 6.63. The van der Waals surface area contributed by atoms with E-state index >= 15 is 0 Å². The predicted molar refractivity (Wildman–Crippen MR) is 71.4 cm³/mol. The minimum absolute atomic E-state index is 0.00963. The topological polar surface area (TPSA) is 56.5 Å². The molecule has 0 aromatic heterocycles.